The van der Waals surface area contributed by atoms with Gasteiger partial charge in [0, 0.05) is 11.7 Å². The standard InChI is InChI=1S/C15H21NO2.C2H6/c1-11-10-12(15(17)18-2)8-9-14(11)16-13-6-4-3-5-7-13;1-2/h8-10,13,16H,3-7H2,1-2H3;1-2H3. The van der Waals surface area contributed by atoms with Crippen LogP contribution in [0.3, 0.4) is 0 Å². The number of ether oxygens (including phenoxy) is 1. The third-order valence-corrected chi connectivity index (χ3v) is 3.61. The predicted octanol–water partition coefficient (Wildman–Crippen LogP) is 4.55. The molecule has 0 bridgehead atoms. The number of rotatable bonds is 3. The SMILES string of the molecule is CC.COC(=O)c1ccc(NC2CCCCC2)c(C)c1. The first kappa shape index (κ1) is 16.5. The molecular weight excluding hydrogens is 250 g/mol. The third kappa shape index (κ3) is 4.55. The van der Waals surface area contributed by atoms with Crippen LogP contribution in [0.15, 0.2) is 18.2 Å². The summed E-state index contributed by atoms with van der Waals surface area (Å²) in [4.78, 5) is 11.4. The Morgan fingerprint density at radius 1 is 1.20 bits per heavy atom. The van der Waals surface area contributed by atoms with Crippen LogP contribution in [-0.2, 0) is 4.74 Å². The minimum Gasteiger partial charge on any atom is -0.465 e. The van der Waals surface area contributed by atoms with Crippen LogP contribution in [-0.4, -0.2) is 19.1 Å². The van der Waals surface area contributed by atoms with Crippen molar-refractivity contribution in [2.24, 2.45) is 0 Å². The van der Waals surface area contributed by atoms with Gasteiger partial charge in [-0.1, -0.05) is 33.1 Å². The summed E-state index contributed by atoms with van der Waals surface area (Å²) in [6, 6.07) is 6.28. The van der Waals surface area contributed by atoms with Gasteiger partial charge in [-0.2, -0.15) is 0 Å². The molecule has 0 radical (unpaired) electrons. The van der Waals surface area contributed by atoms with Gasteiger partial charge in [-0.3, -0.25) is 0 Å². The summed E-state index contributed by atoms with van der Waals surface area (Å²) >= 11 is 0. The first-order valence-electron chi connectivity index (χ1n) is 7.66. The van der Waals surface area contributed by atoms with Gasteiger partial charge in [-0.05, 0) is 43.5 Å². The van der Waals surface area contributed by atoms with Crippen molar-refractivity contribution in [2.75, 3.05) is 12.4 Å². The molecule has 0 aliphatic heterocycles. The monoisotopic (exact) mass is 277 g/mol. The highest BCUT2D eigenvalue weighted by Crippen LogP contribution is 2.24. The quantitative estimate of drug-likeness (QED) is 0.823. The number of methoxy groups -OCH3 is 1. The molecule has 1 aromatic rings. The van der Waals surface area contributed by atoms with Crippen molar-refractivity contribution in [1.82, 2.24) is 0 Å². The lowest BCUT2D eigenvalue weighted by molar-refractivity contribution is 0.0600. The average Bonchev–Trinajstić information content (AvgIpc) is 2.51. The van der Waals surface area contributed by atoms with Crippen LogP contribution in [0, 0.1) is 6.92 Å². The van der Waals surface area contributed by atoms with Crippen LogP contribution in [0.2, 0.25) is 0 Å². The molecule has 20 heavy (non-hydrogen) atoms. The van der Waals surface area contributed by atoms with E-state index in [2.05, 4.69) is 5.32 Å². The number of hydrogen-bond donors (Lipinski definition) is 1. The largest absolute Gasteiger partial charge is 0.465 e. The zero-order valence-electron chi connectivity index (χ0n) is 13.2. The molecule has 0 unspecified atom stereocenters. The average molecular weight is 277 g/mol. The van der Waals surface area contributed by atoms with E-state index in [1.165, 1.54) is 39.2 Å². The van der Waals surface area contributed by atoms with Crippen LogP contribution in [0.4, 0.5) is 5.69 Å². The zero-order chi connectivity index (χ0) is 15.0. The van der Waals surface area contributed by atoms with Crippen LogP contribution in [0.5, 0.6) is 0 Å². The lowest BCUT2D eigenvalue weighted by Crippen LogP contribution is -2.22. The third-order valence-electron chi connectivity index (χ3n) is 3.61. The van der Waals surface area contributed by atoms with Gasteiger partial charge >= 0.3 is 5.97 Å². The van der Waals surface area contributed by atoms with Crippen LogP contribution in [0.1, 0.15) is 61.9 Å². The molecule has 1 aliphatic rings. The maximum atomic E-state index is 11.4. The smallest absolute Gasteiger partial charge is 0.337 e. The molecule has 1 saturated carbocycles. The van der Waals surface area contributed by atoms with Crippen LogP contribution in [0.25, 0.3) is 0 Å². The molecule has 0 amide bonds. The topological polar surface area (TPSA) is 38.3 Å². The van der Waals surface area contributed by atoms with Gasteiger partial charge in [0.2, 0.25) is 0 Å². The van der Waals surface area contributed by atoms with E-state index in [0.29, 0.717) is 11.6 Å². The minimum atomic E-state index is -0.276. The lowest BCUT2D eigenvalue weighted by atomic mass is 9.95. The highest BCUT2D eigenvalue weighted by atomic mass is 16.5. The molecule has 0 atom stereocenters. The first-order valence-corrected chi connectivity index (χ1v) is 7.66. The summed E-state index contributed by atoms with van der Waals surface area (Å²) in [5.41, 5.74) is 2.85. The second-order valence-electron chi connectivity index (χ2n) is 5.00. The minimum absolute atomic E-state index is 0.276. The van der Waals surface area contributed by atoms with Crippen molar-refractivity contribution in [3.63, 3.8) is 0 Å². The second kappa shape index (κ2) is 8.62. The van der Waals surface area contributed by atoms with Gasteiger partial charge in [-0.25, -0.2) is 4.79 Å². The molecule has 0 spiro atoms. The Balaban J connectivity index is 0.000000956. The van der Waals surface area contributed by atoms with Gasteiger partial charge in [0.25, 0.3) is 0 Å². The summed E-state index contributed by atoms with van der Waals surface area (Å²) in [6.07, 6.45) is 6.49. The summed E-state index contributed by atoms with van der Waals surface area (Å²) in [5, 5.41) is 3.58. The molecular formula is C17H27NO2. The summed E-state index contributed by atoms with van der Waals surface area (Å²) < 4.78 is 4.72. The van der Waals surface area contributed by atoms with Crippen molar-refractivity contribution >= 4 is 11.7 Å². The maximum Gasteiger partial charge on any atom is 0.337 e. The van der Waals surface area contributed by atoms with Gasteiger partial charge in [0.1, 0.15) is 0 Å². The van der Waals surface area contributed by atoms with E-state index in [1.54, 1.807) is 0 Å². The molecule has 112 valence electrons. The molecule has 0 heterocycles. The van der Waals surface area contributed by atoms with Crippen molar-refractivity contribution in [2.45, 2.75) is 58.9 Å². The Bertz CT molecular complexity index is 423. The second-order valence-corrected chi connectivity index (χ2v) is 5.00. The Kier molecular flexibility index (Phi) is 7.13. The molecule has 0 saturated heterocycles. The highest BCUT2D eigenvalue weighted by molar-refractivity contribution is 5.90. The predicted molar refractivity (Wildman–Crippen MR) is 84.4 cm³/mol. The molecule has 1 fully saturated rings. The van der Waals surface area contributed by atoms with E-state index in [-0.39, 0.29) is 5.97 Å². The number of aryl methyl sites for hydroxylation is 1. The number of carbonyl (C=O) groups is 1. The number of esters is 1. The highest BCUT2D eigenvalue weighted by Gasteiger charge is 2.14. The van der Waals surface area contributed by atoms with E-state index in [0.717, 1.165) is 11.3 Å². The van der Waals surface area contributed by atoms with Crippen LogP contribution < -0.4 is 5.32 Å². The van der Waals surface area contributed by atoms with Crippen molar-refractivity contribution in [3.05, 3.63) is 29.3 Å². The van der Waals surface area contributed by atoms with E-state index in [1.807, 2.05) is 39.0 Å². The van der Waals surface area contributed by atoms with E-state index in [9.17, 15) is 4.79 Å². The fourth-order valence-electron chi connectivity index (χ4n) is 2.54. The van der Waals surface area contributed by atoms with Crippen LogP contribution >= 0.6 is 0 Å². The van der Waals surface area contributed by atoms with Gasteiger partial charge in [0.05, 0.1) is 12.7 Å². The number of hydrogen-bond acceptors (Lipinski definition) is 3. The molecule has 0 aromatic heterocycles. The molecule has 3 nitrogen and oxygen atoms in total. The molecule has 3 heteroatoms. The first-order chi connectivity index (χ1) is 9.70. The van der Waals surface area contributed by atoms with Gasteiger partial charge in [0.15, 0.2) is 0 Å². The normalized spacial score (nSPS) is 15.0. The maximum absolute atomic E-state index is 11.4. The fraction of sp³-hybridized carbons (Fsp3) is 0.588. The van der Waals surface area contributed by atoms with Crippen molar-refractivity contribution in [3.8, 4) is 0 Å². The molecule has 1 aromatic carbocycles. The molecule has 1 aliphatic carbocycles. The zero-order valence-corrected chi connectivity index (χ0v) is 13.2. The summed E-state index contributed by atoms with van der Waals surface area (Å²) in [6.45, 7) is 6.03. The number of carbonyl (C=O) groups excluding carboxylic acids is 1. The Morgan fingerprint density at radius 3 is 2.40 bits per heavy atom. The number of nitrogens with one attached hydrogen (secondary N) is 1. The van der Waals surface area contributed by atoms with Crippen molar-refractivity contribution < 1.29 is 9.53 Å². The van der Waals surface area contributed by atoms with Crippen molar-refractivity contribution in [1.29, 1.82) is 0 Å². The van der Waals surface area contributed by atoms with Gasteiger partial charge in [-0.15, -0.1) is 0 Å². The van der Waals surface area contributed by atoms with Gasteiger partial charge < -0.3 is 10.1 Å². The lowest BCUT2D eigenvalue weighted by Gasteiger charge is -2.24. The van der Waals surface area contributed by atoms with E-state index < -0.39 is 0 Å². The number of anilines is 1. The van der Waals surface area contributed by atoms with E-state index >= 15 is 0 Å². The number of benzene rings is 1. The Morgan fingerprint density at radius 2 is 1.85 bits per heavy atom. The Hall–Kier alpha value is -1.51. The molecule has 2 rings (SSSR count). The molecule has 1 N–H and O–H groups in total. The summed E-state index contributed by atoms with van der Waals surface area (Å²) in [7, 11) is 1.41. The Labute approximate surface area is 122 Å². The fourth-order valence-corrected chi connectivity index (χ4v) is 2.54. The summed E-state index contributed by atoms with van der Waals surface area (Å²) in [5.74, 6) is -0.276. The van der Waals surface area contributed by atoms with E-state index in [4.69, 9.17) is 4.74 Å².